The molecule has 0 spiro atoms. The Labute approximate surface area is 89.0 Å². The van der Waals surface area contributed by atoms with Gasteiger partial charge < -0.3 is 15.4 Å². The largest absolute Gasteiger partial charge is 0.396 e. The summed E-state index contributed by atoms with van der Waals surface area (Å²) in [4.78, 5) is 6.63. The van der Waals surface area contributed by atoms with Crippen LogP contribution in [0.2, 0.25) is 0 Å². The van der Waals surface area contributed by atoms with Gasteiger partial charge in [0.05, 0.1) is 18.9 Å². The zero-order chi connectivity index (χ0) is 10.3. The van der Waals surface area contributed by atoms with E-state index >= 15 is 0 Å². The Balaban J connectivity index is 1.82. The van der Waals surface area contributed by atoms with E-state index in [-0.39, 0.29) is 0 Å². The highest BCUT2D eigenvalue weighted by molar-refractivity contribution is 5.62. The van der Waals surface area contributed by atoms with Gasteiger partial charge in [-0.15, -0.1) is 0 Å². The summed E-state index contributed by atoms with van der Waals surface area (Å²) in [6, 6.07) is 3.78. The number of fused-ring (bicyclic) bond motifs is 1. The molecule has 2 aliphatic heterocycles. The molecule has 0 bridgehead atoms. The van der Waals surface area contributed by atoms with Crippen LogP contribution in [-0.2, 0) is 4.74 Å². The number of anilines is 2. The SMILES string of the molecule is Nc1cccnc1N1C[C@H]2COC[C@H]2C1. The number of hydrogen-bond donors (Lipinski definition) is 1. The summed E-state index contributed by atoms with van der Waals surface area (Å²) in [5.74, 6) is 2.28. The van der Waals surface area contributed by atoms with Gasteiger partial charge in [0.15, 0.2) is 5.82 Å². The van der Waals surface area contributed by atoms with Gasteiger partial charge in [0.1, 0.15) is 0 Å². The Morgan fingerprint density at radius 1 is 1.33 bits per heavy atom. The van der Waals surface area contributed by atoms with Crippen LogP contribution in [0.1, 0.15) is 0 Å². The quantitative estimate of drug-likeness (QED) is 0.735. The number of nitrogens with zero attached hydrogens (tertiary/aromatic N) is 2. The zero-order valence-electron chi connectivity index (χ0n) is 8.60. The highest BCUT2D eigenvalue weighted by atomic mass is 16.5. The lowest BCUT2D eigenvalue weighted by atomic mass is 10.0. The fraction of sp³-hybridized carbons (Fsp3) is 0.545. The Bertz CT molecular complexity index is 357. The molecule has 3 rings (SSSR count). The number of nitrogens with two attached hydrogens (primary N) is 1. The molecule has 15 heavy (non-hydrogen) atoms. The van der Waals surface area contributed by atoms with E-state index in [0.29, 0.717) is 11.8 Å². The third-order valence-corrected chi connectivity index (χ3v) is 3.36. The first-order chi connectivity index (χ1) is 7.34. The van der Waals surface area contributed by atoms with Crippen molar-refractivity contribution in [2.45, 2.75) is 0 Å². The summed E-state index contributed by atoms with van der Waals surface area (Å²) in [5, 5.41) is 0. The van der Waals surface area contributed by atoms with Gasteiger partial charge in [0, 0.05) is 31.1 Å². The molecule has 2 N–H and O–H groups in total. The molecule has 2 atom stereocenters. The topological polar surface area (TPSA) is 51.4 Å². The average Bonchev–Trinajstić information content (AvgIpc) is 2.77. The molecule has 1 aromatic heterocycles. The number of pyridine rings is 1. The Morgan fingerprint density at radius 2 is 2.07 bits per heavy atom. The molecule has 0 aliphatic carbocycles. The Hall–Kier alpha value is -1.29. The number of rotatable bonds is 1. The van der Waals surface area contributed by atoms with Crippen molar-refractivity contribution in [3.8, 4) is 0 Å². The molecule has 80 valence electrons. The molecule has 2 saturated heterocycles. The molecule has 0 saturated carbocycles. The molecule has 3 heterocycles. The maximum atomic E-state index is 5.92. The predicted molar refractivity (Wildman–Crippen MR) is 58.7 cm³/mol. The highest BCUT2D eigenvalue weighted by Crippen LogP contribution is 2.33. The summed E-state index contributed by atoms with van der Waals surface area (Å²) >= 11 is 0. The van der Waals surface area contributed by atoms with Gasteiger partial charge in [-0.3, -0.25) is 0 Å². The normalized spacial score (nSPS) is 29.5. The van der Waals surface area contributed by atoms with Crippen molar-refractivity contribution >= 4 is 11.5 Å². The lowest BCUT2D eigenvalue weighted by Crippen LogP contribution is -2.24. The van der Waals surface area contributed by atoms with Crippen LogP contribution >= 0.6 is 0 Å². The van der Waals surface area contributed by atoms with Crippen molar-refractivity contribution in [3.63, 3.8) is 0 Å². The minimum Gasteiger partial charge on any atom is -0.396 e. The van der Waals surface area contributed by atoms with Gasteiger partial charge >= 0.3 is 0 Å². The van der Waals surface area contributed by atoms with E-state index in [0.717, 1.165) is 37.8 Å². The lowest BCUT2D eigenvalue weighted by molar-refractivity contribution is 0.177. The van der Waals surface area contributed by atoms with E-state index in [1.54, 1.807) is 6.20 Å². The molecular formula is C11H15N3O. The molecule has 0 radical (unpaired) electrons. The van der Waals surface area contributed by atoms with Gasteiger partial charge in [-0.25, -0.2) is 4.98 Å². The molecular weight excluding hydrogens is 190 g/mol. The third kappa shape index (κ3) is 1.45. The van der Waals surface area contributed by atoms with Crippen LogP contribution in [0.4, 0.5) is 11.5 Å². The number of hydrogen-bond acceptors (Lipinski definition) is 4. The second kappa shape index (κ2) is 3.38. The van der Waals surface area contributed by atoms with Gasteiger partial charge in [0.2, 0.25) is 0 Å². The fourth-order valence-electron chi connectivity index (χ4n) is 2.53. The molecule has 0 unspecified atom stereocenters. The Morgan fingerprint density at radius 3 is 2.73 bits per heavy atom. The molecule has 4 heteroatoms. The summed E-state index contributed by atoms with van der Waals surface area (Å²) in [7, 11) is 0. The van der Waals surface area contributed by atoms with Crippen molar-refractivity contribution < 1.29 is 4.74 Å². The first-order valence-corrected chi connectivity index (χ1v) is 5.38. The molecule has 2 aliphatic rings. The predicted octanol–water partition coefficient (Wildman–Crippen LogP) is 0.746. The van der Waals surface area contributed by atoms with Crippen LogP contribution in [-0.4, -0.2) is 31.3 Å². The van der Waals surface area contributed by atoms with Crippen LogP contribution in [0.3, 0.4) is 0 Å². The van der Waals surface area contributed by atoms with Crippen LogP contribution in [0.5, 0.6) is 0 Å². The second-order valence-electron chi connectivity index (χ2n) is 4.38. The lowest BCUT2D eigenvalue weighted by Gasteiger charge is -2.19. The number of ether oxygens (including phenoxy) is 1. The summed E-state index contributed by atoms with van der Waals surface area (Å²) in [6.07, 6.45) is 1.80. The van der Waals surface area contributed by atoms with Gasteiger partial charge in [-0.05, 0) is 12.1 Å². The van der Waals surface area contributed by atoms with Crippen LogP contribution < -0.4 is 10.6 Å². The molecule has 4 nitrogen and oxygen atoms in total. The first kappa shape index (κ1) is 8.97. The maximum Gasteiger partial charge on any atom is 0.151 e. The van der Waals surface area contributed by atoms with Crippen LogP contribution in [0, 0.1) is 11.8 Å². The third-order valence-electron chi connectivity index (χ3n) is 3.36. The van der Waals surface area contributed by atoms with Crippen molar-refractivity contribution in [2.24, 2.45) is 11.8 Å². The molecule has 0 amide bonds. The van der Waals surface area contributed by atoms with E-state index in [4.69, 9.17) is 10.5 Å². The second-order valence-corrected chi connectivity index (χ2v) is 4.38. The monoisotopic (exact) mass is 205 g/mol. The minimum absolute atomic E-state index is 0.673. The fourth-order valence-corrected chi connectivity index (χ4v) is 2.53. The molecule has 1 aromatic rings. The van der Waals surface area contributed by atoms with Gasteiger partial charge in [-0.1, -0.05) is 0 Å². The summed E-state index contributed by atoms with van der Waals surface area (Å²) in [6.45, 7) is 3.86. The van der Waals surface area contributed by atoms with Gasteiger partial charge in [0.25, 0.3) is 0 Å². The summed E-state index contributed by atoms with van der Waals surface area (Å²) in [5.41, 5.74) is 6.69. The van der Waals surface area contributed by atoms with Crippen LogP contribution in [0.25, 0.3) is 0 Å². The van der Waals surface area contributed by atoms with Crippen molar-refractivity contribution in [1.29, 1.82) is 0 Å². The van der Waals surface area contributed by atoms with E-state index in [2.05, 4.69) is 9.88 Å². The minimum atomic E-state index is 0.673. The van der Waals surface area contributed by atoms with Crippen molar-refractivity contribution in [2.75, 3.05) is 36.9 Å². The average molecular weight is 205 g/mol. The molecule has 0 aromatic carbocycles. The van der Waals surface area contributed by atoms with Gasteiger partial charge in [-0.2, -0.15) is 0 Å². The number of nitrogen functional groups attached to an aromatic ring is 1. The zero-order valence-corrected chi connectivity index (χ0v) is 8.60. The van der Waals surface area contributed by atoms with E-state index in [1.807, 2.05) is 12.1 Å². The Kier molecular flexibility index (Phi) is 2.02. The van der Waals surface area contributed by atoms with E-state index in [1.165, 1.54) is 0 Å². The van der Waals surface area contributed by atoms with Crippen molar-refractivity contribution in [1.82, 2.24) is 4.98 Å². The molecule has 2 fully saturated rings. The van der Waals surface area contributed by atoms with E-state index in [9.17, 15) is 0 Å². The number of aromatic nitrogens is 1. The van der Waals surface area contributed by atoms with E-state index < -0.39 is 0 Å². The standard InChI is InChI=1S/C11H15N3O/c12-10-2-1-3-13-11(10)14-4-8-6-15-7-9(8)5-14/h1-3,8-9H,4-7,12H2/t8-,9+. The first-order valence-electron chi connectivity index (χ1n) is 5.38. The smallest absolute Gasteiger partial charge is 0.151 e. The van der Waals surface area contributed by atoms with Crippen LogP contribution in [0.15, 0.2) is 18.3 Å². The highest BCUT2D eigenvalue weighted by Gasteiger charge is 2.37. The summed E-state index contributed by atoms with van der Waals surface area (Å²) < 4.78 is 5.45. The maximum absolute atomic E-state index is 5.92. The van der Waals surface area contributed by atoms with Crippen molar-refractivity contribution in [3.05, 3.63) is 18.3 Å².